The Balaban J connectivity index is 1.26. The minimum Gasteiger partial charge on any atom is -0.469 e. The fourth-order valence-electron chi connectivity index (χ4n) is 5.45. The quantitative estimate of drug-likeness (QED) is 0.344. The van der Waals surface area contributed by atoms with Gasteiger partial charge in [-0.15, -0.1) is 0 Å². The van der Waals surface area contributed by atoms with Crippen molar-refractivity contribution < 1.29 is 14.3 Å². The average molecular weight is 507 g/mol. The van der Waals surface area contributed by atoms with E-state index in [1.54, 1.807) is 24.7 Å². The lowest BCUT2D eigenvalue weighted by Gasteiger charge is -2.40. The number of carbonyl (C=O) groups is 2. The van der Waals surface area contributed by atoms with E-state index in [4.69, 9.17) is 10.00 Å². The molecule has 0 saturated carbocycles. The Kier molecular flexibility index (Phi) is 7.23. The van der Waals surface area contributed by atoms with Crippen molar-refractivity contribution in [2.75, 3.05) is 20.2 Å². The largest absolute Gasteiger partial charge is 0.469 e. The minimum absolute atomic E-state index is 0.0233. The van der Waals surface area contributed by atoms with Crippen LogP contribution in [-0.4, -0.2) is 46.5 Å². The summed E-state index contributed by atoms with van der Waals surface area (Å²) in [5, 5.41) is 11.3. The molecule has 1 fully saturated rings. The number of fused-ring (bicyclic) bond motifs is 1. The zero-order valence-electron chi connectivity index (χ0n) is 21.5. The number of nitrogens with zero attached hydrogens (tertiary/aromatic N) is 4. The van der Waals surface area contributed by atoms with Crippen LogP contribution >= 0.6 is 0 Å². The van der Waals surface area contributed by atoms with Gasteiger partial charge in [-0.2, -0.15) is 5.26 Å². The van der Waals surface area contributed by atoms with Gasteiger partial charge >= 0.3 is 5.97 Å². The number of hydrogen-bond donors (Lipinski definition) is 0. The molecule has 0 unspecified atom stereocenters. The molecule has 0 bridgehead atoms. The lowest BCUT2D eigenvalue weighted by molar-refractivity contribution is -0.157. The molecule has 192 valence electrons. The Morgan fingerprint density at radius 1 is 1.03 bits per heavy atom. The Morgan fingerprint density at radius 3 is 2.50 bits per heavy atom. The van der Waals surface area contributed by atoms with E-state index in [0.717, 1.165) is 27.6 Å². The summed E-state index contributed by atoms with van der Waals surface area (Å²) >= 11 is 0. The van der Waals surface area contributed by atoms with Gasteiger partial charge in [-0.05, 0) is 53.3 Å². The van der Waals surface area contributed by atoms with E-state index in [1.807, 2.05) is 39.8 Å². The Bertz CT molecular complexity index is 1490. The summed E-state index contributed by atoms with van der Waals surface area (Å²) in [6, 6.07) is 23.9. The zero-order chi connectivity index (χ0) is 26.5. The number of hydrogen-bond acceptors (Lipinski definition) is 5. The number of likely N-dealkylation sites (tertiary alicyclic amines) is 1. The molecule has 1 aliphatic rings. The molecule has 0 aliphatic carbocycles. The SMILES string of the molecule is COC(=O)C1(Cc2cccc3ccccc23)CCN(C(=O)Cc2cncn2Cc2ccc(C#N)cc2)CC1. The topological polar surface area (TPSA) is 88.2 Å². The second kappa shape index (κ2) is 10.9. The number of imidazole rings is 1. The van der Waals surface area contributed by atoms with Crippen molar-refractivity contribution in [1.29, 1.82) is 5.26 Å². The summed E-state index contributed by atoms with van der Waals surface area (Å²) in [5.74, 6) is -0.187. The van der Waals surface area contributed by atoms with Crippen LogP contribution in [0.3, 0.4) is 0 Å². The number of amides is 1. The molecule has 7 heteroatoms. The zero-order valence-corrected chi connectivity index (χ0v) is 21.5. The smallest absolute Gasteiger partial charge is 0.312 e. The first-order valence-electron chi connectivity index (χ1n) is 12.8. The van der Waals surface area contributed by atoms with Crippen LogP contribution in [0.5, 0.6) is 0 Å². The van der Waals surface area contributed by atoms with E-state index >= 15 is 0 Å². The van der Waals surface area contributed by atoms with Crippen LogP contribution in [0.1, 0.15) is 35.2 Å². The third kappa shape index (κ3) is 5.16. The molecule has 1 aromatic heterocycles. The fraction of sp³-hybridized carbons (Fsp3) is 0.290. The number of carbonyl (C=O) groups excluding carboxylic acids is 2. The molecule has 2 heterocycles. The highest BCUT2D eigenvalue weighted by atomic mass is 16.5. The molecule has 38 heavy (non-hydrogen) atoms. The van der Waals surface area contributed by atoms with Crippen molar-refractivity contribution in [3.8, 4) is 6.07 Å². The molecule has 5 rings (SSSR count). The molecule has 7 nitrogen and oxygen atoms in total. The molecule has 1 saturated heterocycles. The van der Waals surface area contributed by atoms with E-state index in [1.165, 1.54) is 7.11 Å². The lowest BCUT2D eigenvalue weighted by atomic mass is 9.73. The van der Waals surface area contributed by atoms with Crippen LogP contribution in [0.4, 0.5) is 0 Å². The van der Waals surface area contributed by atoms with E-state index < -0.39 is 5.41 Å². The van der Waals surface area contributed by atoms with E-state index in [9.17, 15) is 9.59 Å². The highest BCUT2D eigenvalue weighted by Crippen LogP contribution is 2.38. The number of ether oxygens (including phenoxy) is 1. The minimum atomic E-state index is -0.660. The number of nitriles is 1. The standard InChI is InChI=1S/C31H30N4O3/c1-38-30(37)31(18-26-7-4-6-25-5-2-3-8-28(25)26)13-15-34(16-14-31)29(36)17-27-20-33-22-35(27)21-24-11-9-23(19-32)10-12-24/h2-12,20,22H,13-18,21H2,1H3. The van der Waals surface area contributed by atoms with Crippen molar-refractivity contribution in [3.05, 3.63) is 102 Å². The molecular weight excluding hydrogens is 476 g/mol. The van der Waals surface area contributed by atoms with Crippen LogP contribution in [0.15, 0.2) is 79.3 Å². The summed E-state index contributed by atoms with van der Waals surface area (Å²) in [5.41, 5.74) is 2.95. The van der Waals surface area contributed by atoms with Crippen LogP contribution < -0.4 is 0 Å². The van der Waals surface area contributed by atoms with E-state index in [2.05, 4.69) is 35.3 Å². The van der Waals surface area contributed by atoms with E-state index in [-0.39, 0.29) is 18.3 Å². The maximum Gasteiger partial charge on any atom is 0.312 e. The van der Waals surface area contributed by atoms with Crippen molar-refractivity contribution in [1.82, 2.24) is 14.5 Å². The maximum absolute atomic E-state index is 13.3. The van der Waals surface area contributed by atoms with Gasteiger partial charge in [-0.3, -0.25) is 9.59 Å². The molecule has 0 radical (unpaired) electrons. The number of benzene rings is 3. The average Bonchev–Trinajstić information content (AvgIpc) is 3.39. The van der Waals surface area contributed by atoms with Gasteiger partial charge < -0.3 is 14.2 Å². The van der Waals surface area contributed by atoms with Gasteiger partial charge in [0.05, 0.1) is 36.9 Å². The highest BCUT2D eigenvalue weighted by Gasteiger charge is 2.43. The number of piperidine rings is 1. The molecular formula is C31H30N4O3. The number of aromatic nitrogens is 2. The number of rotatable bonds is 7. The monoisotopic (exact) mass is 506 g/mol. The van der Waals surface area contributed by atoms with Gasteiger partial charge in [0, 0.05) is 31.5 Å². The van der Waals surface area contributed by atoms with Crippen LogP contribution in [-0.2, 0) is 33.7 Å². The fourth-order valence-corrected chi connectivity index (χ4v) is 5.45. The first kappa shape index (κ1) is 25.2. The Morgan fingerprint density at radius 2 is 1.76 bits per heavy atom. The predicted octanol–water partition coefficient (Wildman–Crippen LogP) is 4.52. The third-order valence-electron chi connectivity index (χ3n) is 7.67. The molecule has 4 aromatic rings. The van der Waals surface area contributed by atoms with Crippen molar-refractivity contribution in [2.24, 2.45) is 5.41 Å². The second-order valence-corrected chi connectivity index (χ2v) is 9.97. The molecule has 1 amide bonds. The Labute approximate surface area is 222 Å². The van der Waals surface area contributed by atoms with Gasteiger partial charge in [0.1, 0.15) is 0 Å². The first-order valence-corrected chi connectivity index (χ1v) is 12.8. The molecule has 0 N–H and O–H groups in total. The first-order chi connectivity index (χ1) is 18.5. The normalized spacial score (nSPS) is 14.7. The molecule has 0 spiro atoms. The maximum atomic E-state index is 13.3. The Hall–Kier alpha value is -4.44. The molecule has 1 aliphatic heterocycles. The number of methoxy groups -OCH3 is 1. The van der Waals surface area contributed by atoms with Crippen LogP contribution in [0.2, 0.25) is 0 Å². The third-order valence-corrected chi connectivity index (χ3v) is 7.67. The van der Waals surface area contributed by atoms with E-state index in [0.29, 0.717) is 44.5 Å². The molecule has 3 aromatic carbocycles. The van der Waals surface area contributed by atoms with Gasteiger partial charge in [0.15, 0.2) is 0 Å². The lowest BCUT2D eigenvalue weighted by Crippen LogP contribution is -2.48. The summed E-state index contributed by atoms with van der Waals surface area (Å²) in [4.78, 5) is 32.4. The van der Waals surface area contributed by atoms with Crippen molar-refractivity contribution in [3.63, 3.8) is 0 Å². The van der Waals surface area contributed by atoms with Gasteiger partial charge in [0.25, 0.3) is 0 Å². The van der Waals surface area contributed by atoms with Gasteiger partial charge in [0.2, 0.25) is 5.91 Å². The summed E-state index contributed by atoms with van der Waals surface area (Å²) < 4.78 is 7.23. The summed E-state index contributed by atoms with van der Waals surface area (Å²) in [6.45, 7) is 1.58. The van der Waals surface area contributed by atoms with Gasteiger partial charge in [-0.25, -0.2) is 4.98 Å². The summed E-state index contributed by atoms with van der Waals surface area (Å²) in [6.07, 6.45) is 5.39. The highest BCUT2D eigenvalue weighted by molar-refractivity contribution is 5.87. The predicted molar refractivity (Wildman–Crippen MR) is 144 cm³/mol. The molecule has 0 atom stereocenters. The second-order valence-electron chi connectivity index (χ2n) is 9.97. The number of esters is 1. The van der Waals surface area contributed by atoms with Crippen molar-refractivity contribution in [2.45, 2.75) is 32.2 Å². The van der Waals surface area contributed by atoms with Gasteiger partial charge in [-0.1, -0.05) is 54.6 Å². The summed E-state index contributed by atoms with van der Waals surface area (Å²) in [7, 11) is 1.44. The van der Waals surface area contributed by atoms with Crippen LogP contribution in [0, 0.1) is 16.7 Å². The van der Waals surface area contributed by atoms with Crippen molar-refractivity contribution >= 4 is 22.6 Å². The van der Waals surface area contributed by atoms with Crippen LogP contribution in [0.25, 0.3) is 10.8 Å².